The fourth-order valence-corrected chi connectivity index (χ4v) is 6.12. The number of nitriles is 1. The first-order chi connectivity index (χ1) is 15.7. The van der Waals surface area contributed by atoms with Crippen LogP contribution < -0.4 is 11.1 Å². The van der Waals surface area contributed by atoms with Crippen LogP contribution in [0.2, 0.25) is 5.02 Å². The lowest BCUT2D eigenvalue weighted by Gasteiger charge is -2.50. The van der Waals surface area contributed by atoms with Gasteiger partial charge in [0.15, 0.2) is 0 Å². The lowest BCUT2D eigenvalue weighted by molar-refractivity contribution is 0.373. The van der Waals surface area contributed by atoms with E-state index in [0.717, 1.165) is 5.56 Å². The largest absolute Gasteiger partial charge is 0.368 e. The molecule has 0 saturated carbocycles. The third-order valence-corrected chi connectivity index (χ3v) is 7.74. The minimum atomic E-state index is -3.46. The standard InChI is InChI=1S/C23H23ClN6O2S/c1-14-18(12-25)22(29-23(26)28-14)27-15(2)20-11-17-9-6-10-19(24)21(17)33(31,32)30(20)13-16-7-4-3-5-8-16/h3-11,15,31-32H,13H2,1-2H3,(H3,26,27,28,29)/t15-/m0/s1. The highest BCUT2D eigenvalue weighted by atomic mass is 35.5. The van der Waals surface area contributed by atoms with Gasteiger partial charge in [-0.1, -0.05) is 64.8 Å². The van der Waals surface area contributed by atoms with E-state index < -0.39 is 16.8 Å². The van der Waals surface area contributed by atoms with Gasteiger partial charge in [-0.05, 0) is 31.6 Å². The molecule has 170 valence electrons. The van der Waals surface area contributed by atoms with Crippen LogP contribution in [0, 0.1) is 18.3 Å². The third-order valence-electron chi connectivity index (χ3n) is 5.35. The van der Waals surface area contributed by atoms with Gasteiger partial charge >= 0.3 is 0 Å². The molecule has 1 aromatic heterocycles. The highest BCUT2D eigenvalue weighted by Gasteiger charge is 2.37. The topological polar surface area (TPSA) is 131 Å². The Balaban J connectivity index is 1.80. The average molecular weight is 483 g/mol. The molecule has 0 spiro atoms. The molecule has 0 unspecified atom stereocenters. The molecule has 1 aliphatic rings. The third kappa shape index (κ3) is 4.34. The number of hydrogen-bond acceptors (Lipinski definition) is 8. The minimum absolute atomic E-state index is 0.0429. The normalized spacial score (nSPS) is 16.2. The van der Waals surface area contributed by atoms with Crippen LogP contribution in [0.3, 0.4) is 0 Å². The molecular weight excluding hydrogens is 460 g/mol. The van der Waals surface area contributed by atoms with E-state index in [1.165, 1.54) is 0 Å². The van der Waals surface area contributed by atoms with Crippen LogP contribution in [0.5, 0.6) is 0 Å². The van der Waals surface area contributed by atoms with Crippen LogP contribution >= 0.6 is 22.4 Å². The van der Waals surface area contributed by atoms with Crippen LogP contribution in [0.15, 0.2) is 59.1 Å². The summed E-state index contributed by atoms with van der Waals surface area (Å²) in [5.41, 5.74) is 8.65. The number of nitrogens with zero attached hydrogens (tertiary/aromatic N) is 4. The van der Waals surface area contributed by atoms with Gasteiger partial charge in [0.1, 0.15) is 22.3 Å². The predicted molar refractivity (Wildman–Crippen MR) is 132 cm³/mol. The number of aryl methyl sites for hydroxylation is 1. The molecule has 0 saturated heterocycles. The SMILES string of the molecule is Cc1nc(N)nc(N[C@@H](C)C2=Cc3cccc(Cl)c3S(O)(O)N2Cc2ccccc2)c1C#N. The summed E-state index contributed by atoms with van der Waals surface area (Å²) >= 11 is 6.39. The minimum Gasteiger partial charge on any atom is -0.368 e. The highest BCUT2D eigenvalue weighted by molar-refractivity contribution is 8.22. The van der Waals surface area contributed by atoms with Gasteiger partial charge in [-0.25, -0.2) is 4.98 Å². The Morgan fingerprint density at radius 3 is 2.61 bits per heavy atom. The lowest BCUT2D eigenvalue weighted by Crippen LogP contribution is -2.37. The molecule has 8 nitrogen and oxygen atoms in total. The zero-order valence-corrected chi connectivity index (χ0v) is 19.6. The Kier molecular flexibility index (Phi) is 6.19. The first-order valence-corrected chi connectivity index (χ1v) is 12.0. The second-order valence-corrected chi connectivity index (χ2v) is 9.93. The van der Waals surface area contributed by atoms with Gasteiger partial charge in [-0.15, -0.1) is 0 Å². The van der Waals surface area contributed by atoms with Gasteiger partial charge in [0, 0.05) is 5.56 Å². The number of nitrogen functional groups attached to an aromatic ring is 1. The van der Waals surface area contributed by atoms with Gasteiger partial charge in [0.25, 0.3) is 0 Å². The van der Waals surface area contributed by atoms with Crippen molar-refractivity contribution in [3.63, 3.8) is 0 Å². The number of nitrogens with one attached hydrogen (secondary N) is 1. The molecule has 0 aliphatic carbocycles. The Morgan fingerprint density at radius 2 is 1.91 bits per heavy atom. The number of aromatic nitrogens is 2. The first kappa shape index (κ1) is 22.9. The summed E-state index contributed by atoms with van der Waals surface area (Å²) in [7, 11) is -3.46. The second-order valence-electron chi connectivity index (χ2n) is 7.64. The first-order valence-electron chi connectivity index (χ1n) is 10.1. The number of anilines is 2. The number of benzene rings is 2. The molecule has 0 bridgehead atoms. The van der Waals surface area contributed by atoms with Crippen molar-refractivity contribution in [3.05, 3.63) is 81.6 Å². The molecule has 33 heavy (non-hydrogen) atoms. The molecule has 5 N–H and O–H groups in total. The lowest BCUT2D eigenvalue weighted by atomic mass is 10.1. The number of hydrogen-bond donors (Lipinski definition) is 4. The molecule has 0 fully saturated rings. The van der Waals surface area contributed by atoms with E-state index in [4.69, 9.17) is 17.3 Å². The fraction of sp³-hybridized carbons (Fsp3) is 0.174. The summed E-state index contributed by atoms with van der Waals surface area (Å²) in [6, 6.07) is 16.3. The van der Waals surface area contributed by atoms with Crippen LogP contribution in [-0.2, 0) is 6.54 Å². The van der Waals surface area contributed by atoms with Crippen LogP contribution in [0.25, 0.3) is 6.08 Å². The van der Waals surface area contributed by atoms with E-state index in [-0.39, 0.29) is 28.9 Å². The monoisotopic (exact) mass is 482 g/mol. The van der Waals surface area contributed by atoms with Crippen molar-refractivity contribution in [2.24, 2.45) is 0 Å². The molecule has 1 aliphatic heterocycles. The van der Waals surface area contributed by atoms with Crippen molar-refractivity contribution in [3.8, 4) is 6.07 Å². The van der Waals surface area contributed by atoms with Crippen LogP contribution in [-0.4, -0.2) is 29.4 Å². The highest BCUT2D eigenvalue weighted by Crippen LogP contribution is 2.61. The Labute approximate surface area is 198 Å². The summed E-state index contributed by atoms with van der Waals surface area (Å²) in [5.74, 6) is 0.324. The maximum atomic E-state index is 11.4. The summed E-state index contributed by atoms with van der Waals surface area (Å²) in [5, 5.41) is 13.1. The zero-order valence-electron chi connectivity index (χ0n) is 18.0. The predicted octanol–water partition coefficient (Wildman–Crippen LogP) is 5.27. The molecule has 4 rings (SSSR count). The molecule has 0 radical (unpaired) electrons. The van der Waals surface area contributed by atoms with Crippen molar-refractivity contribution in [2.45, 2.75) is 31.3 Å². The summed E-state index contributed by atoms with van der Waals surface area (Å²) < 4.78 is 24.4. The van der Waals surface area contributed by atoms with Gasteiger partial charge < -0.3 is 11.1 Å². The van der Waals surface area contributed by atoms with Crippen molar-refractivity contribution < 1.29 is 9.11 Å². The molecule has 0 amide bonds. The van der Waals surface area contributed by atoms with Gasteiger partial charge in [-0.3, -0.25) is 13.4 Å². The van der Waals surface area contributed by atoms with E-state index in [1.54, 1.807) is 29.4 Å². The Morgan fingerprint density at radius 1 is 1.18 bits per heavy atom. The second kappa shape index (κ2) is 8.92. The smallest absolute Gasteiger partial charge is 0.222 e. The quantitative estimate of drug-likeness (QED) is 0.386. The number of fused-ring (bicyclic) bond motifs is 1. The average Bonchev–Trinajstić information content (AvgIpc) is 2.75. The van der Waals surface area contributed by atoms with Crippen LogP contribution in [0.1, 0.15) is 29.3 Å². The maximum Gasteiger partial charge on any atom is 0.222 e. The Bertz CT molecular complexity index is 1280. The molecule has 2 heterocycles. The van der Waals surface area contributed by atoms with Gasteiger partial charge in [0.2, 0.25) is 5.95 Å². The molecule has 1 atom stereocenters. The molecule has 2 aromatic carbocycles. The summed E-state index contributed by atoms with van der Waals surface area (Å²) in [4.78, 5) is 8.53. The van der Waals surface area contributed by atoms with Crippen LogP contribution in [0.4, 0.5) is 11.8 Å². The van der Waals surface area contributed by atoms with Crippen molar-refractivity contribution >= 4 is 40.2 Å². The number of rotatable bonds is 5. The van der Waals surface area contributed by atoms with Gasteiger partial charge in [-0.2, -0.15) is 10.2 Å². The van der Waals surface area contributed by atoms with E-state index in [1.807, 2.05) is 43.3 Å². The van der Waals surface area contributed by atoms with Gasteiger partial charge in [0.05, 0.1) is 29.0 Å². The molecular formula is C23H23ClN6O2S. The van der Waals surface area contributed by atoms with E-state index in [0.29, 0.717) is 21.8 Å². The van der Waals surface area contributed by atoms with E-state index in [9.17, 15) is 14.4 Å². The van der Waals surface area contributed by atoms with E-state index in [2.05, 4.69) is 21.4 Å². The van der Waals surface area contributed by atoms with Crippen molar-refractivity contribution in [1.82, 2.24) is 14.3 Å². The number of halogens is 1. The summed E-state index contributed by atoms with van der Waals surface area (Å²) in [6.45, 7) is 3.77. The van der Waals surface area contributed by atoms with Crippen molar-refractivity contribution in [2.75, 3.05) is 11.1 Å². The fourth-order valence-electron chi connectivity index (χ4n) is 3.80. The molecule has 10 heteroatoms. The zero-order chi connectivity index (χ0) is 23.8. The van der Waals surface area contributed by atoms with E-state index >= 15 is 0 Å². The maximum absolute atomic E-state index is 11.4. The molecule has 3 aromatic rings. The summed E-state index contributed by atoms with van der Waals surface area (Å²) in [6.07, 6.45) is 1.86. The Hall–Kier alpha value is -3.29. The van der Waals surface area contributed by atoms with Crippen molar-refractivity contribution in [1.29, 1.82) is 5.26 Å². The number of nitrogens with two attached hydrogens (primary N) is 1.